The van der Waals surface area contributed by atoms with E-state index in [1.54, 1.807) is 36.5 Å². The Kier molecular flexibility index (Phi) is 3.56. The maximum absolute atomic E-state index is 12.3. The molecule has 102 valence electrons. The van der Waals surface area contributed by atoms with Crippen molar-refractivity contribution in [2.45, 2.75) is 6.42 Å². The third-order valence-electron chi connectivity index (χ3n) is 2.97. The Balaban J connectivity index is 2.10. The second-order valence-corrected chi connectivity index (χ2v) is 4.71. The lowest BCUT2D eigenvalue weighted by molar-refractivity contribution is 0.318. The van der Waals surface area contributed by atoms with Gasteiger partial charge in [-0.05, 0) is 30.7 Å². The molecular weight excluding hydrogens is 278 g/mol. The molecular formula is C15H12ClNO3. The van der Waals surface area contributed by atoms with Gasteiger partial charge in [-0.25, -0.2) is 4.98 Å². The van der Waals surface area contributed by atoms with Gasteiger partial charge in [-0.2, -0.15) is 0 Å². The van der Waals surface area contributed by atoms with E-state index in [2.05, 4.69) is 4.98 Å². The molecule has 3 rings (SSSR count). The van der Waals surface area contributed by atoms with Crippen LogP contribution in [-0.2, 0) is 0 Å². The lowest BCUT2D eigenvalue weighted by Gasteiger charge is -2.06. The minimum absolute atomic E-state index is 0.0818. The number of aromatic nitrogens is 1. The fraction of sp³-hybridized carbons (Fsp3) is 0.200. The van der Waals surface area contributed by atoms with Crippen molar-refractivity contribution < 1.29 is 9.15 Å². The summed E-state index contributed by atoms with van der Waals surface area (Å²) in [5, 5.41) is 1.01. The van der Waals surface area contributed by atoms with Crippen molar-refractivity contribution in [3.63, 3.8) is 0 Å². The Bertz CT molecular complexity index is 813. The van der Waals surface area contributed by atoms with Crippen molar-refractivity contribution in [3.05, 3.63) is 46.8 Å². The van der Waals surface area contributed by atoms with Crippen molar-refractivity contribution >= 4 is 33.7 Å². The number of fused-ring (bicyclic) bond motifs is 2. The first-order valence-electron chi connectivity index (χ1n) is 6.30. The predicted octanol–water partition coefficient (Wildman–Crippen LogP) is 3.35. The Labute approximate surface area is 119 Å². The Hall–Kier alpha value is -2.07. The number of ether oxygens (including phenoxy) is 1. The van der Waals surface area contributed by atoms with Crippen LogP contribution in [0.15, 0.2) is 45.7 Å². The van der Waals surface area contributed by atoms with Gasteiger partial charge in [0.15, 0.2) is 0 Å². The van der Waals surface area contributed by atoms with E-state index in [9.17, 15) is 4.79 Å². The first-order valence-corrected chi connectivity index (χ1v) is 6.83. The first-order chi connectivity index (χ1) is 9.79. The van der Waals surface area contributed by atoms with E-state index in [4.69, 9.17) is 20.8 Å². The van der Waals surface area contributed by atoms with Gasteiger partial charge >= 0.3 is 0 Å². The summed E-state index contributed by atoms with van der Waals surface area (Å²) in [7, 11) is 0. The number of benzene rings is 1. The molecule has 5 heteroatoms. The molecule has 0 radical (unpaired) electrons. The normalized spacial score (nSPS) is 11.1. The fourth-order valence-corrected chi connectivity index (χ4v) is 2.11. The molecule has 20 heavy (non-hydrogen) atoms. The van der Waals surface area contributed by atoms with Crippen LogP contribution in [0.1, 0.15) is 6.42 Å². The van der Waals surface area contributed by atoms with Gasteiger partial charge in [0.1, 0.15) is 11.3 Å². The highest BCUT2D eigenvalue weighted by Crippen LogP contribution is 2.22. The van der Waals surface area contributed by atoms with Crippen molar-refractivity contribution in [2.75, 3.05) is 12.5 Å². The summed E-state index contributed by atoms with van der Waals surface area (Å²) in [5.74, 6) is 1.21. The van der Waals surface area contributed by atoms with Crippen molar-refractivity contribution in [1.82, 2.24) is 4.98 Å². The quantitative estimate of drug-likeness (QED) is 0.420. The van der Waals surface area contributed by atoms with E-state index in [-0.39, 0.29) is 5.43 Å². The maximum Gasteiger partial charge on any atom is 0.230 e. The van der Waals surface area contributed by atoms with Gasteiger partial charge in [-0.3, -0.25) is 4.79 Å². The molecule has 2 heterocycles. The van der Waals surface area contributed by atoms with E-state index in [1.165, 1.54) is 0 Å². The fourth-order valence-electron chi connectivity index (χ4n) is 2.00. The summed E-state index contributed by atoms with van der Waals surface area (Å²) in [6, 6.07) is 8.60. The SMILES string of the molecule is O=c1c2ccc(OCCCCl)cc2oc2ncccc12. The van der Waals surface area contributed by atoms with Crippen LogP contribution >= 0.6 is 11.6 Å². The summed E-state index contributed by atoms with van der Waals surface area (Å²) < 4.78 is 11.2. The lowest BCUT2D eigenvalue weighted by atomic mass is 10.2. The van der Waals surface area contributed by atoms with E-state index < -0.39 is 0 Å². The highest BCUT2D eigenvalue weighted by Gasteiger charge is 2.08. The predicted molar refractivity (Wildman–Crippen MR) is 78.6 cm³/mol. The average Bonchev–Trinajstić information content (AvgIpc) is 2.48. The van der Waals surface area contributed by atoms with Crippen LogP contribution in [-0.4, -0.2) is 17.5 Å². The molecule has 0 saturated carbocycles. The summed E-state index contributed by atoms with van der Waals surface area (Å²) in [4.78, 5) is 16.4. The van der Waals surface area contributed by atoms with Crippen LogP contribution in [0.3, 0.4) is 0 Å². The molecule has 1 aromatic carbocycles. The van der Waals surface area contributed by atoms with E-state index >= 15 is 0 Å². The molecule has 0 spiro atoms. The summed E-state index contributed by atoms with van der Waals surface area (Å²) in [6.45, 7) is 0.533. The minimum atomic E-state index is -0.0818. The molecule has 0 fully saturated rings. The van der Waals surface area contributed by atoms with Gasteiger partial charge in [0.05, 0.1) is 17.4 Å². The topological polar surface area (TPSA) is 52.3 Å². The number of hydrogen-bond donors (Lipinski definition) is 0. The summed E-state index contributed by atoms with van der Waals surface area (Å²) >= 11 is 5.60. The highest BCUT2D eigenvalue weighted by molar-refractivity contribution is 6.17. The minimum Gasteiger partial charge on any atom is -0.493 e. The molecule has 0 amide bonds. The van der Waals surface area contributed by atoms with Gasteiger partial charge in [0.2, 0.25) is 11.1 Å². The molecule has 0 unspecified atom stereocenters. The largest absolute Gasteiger partial charge is 0.493 e. The standard InChI is InChI=1S/C15H12ClNO3/c16-6-2-8-19-10-4-5-11-13(9-10)20-15-12(14(11)18)3-1-7-17-15/h1,3-5,7,9H,2,6,8H2. The van der Waals surface area contributed by atoms with E-state index in [1.807, 2.05) is 0 Å². The molecule has 0 bridgehead atoms. The average molecular weight is 290 g/mol. The van der Waals surface area contributed by atoms with E-state index in [0.717, 1.165) is 6.42 Å². The number of halogens is 1. The Morgan fingerprint density at radius 2 is 2.15 bits per heavy atom. The van der Waals surface area contributed by atoms with Crippen molar-refractivity contribution in [2.24, 2.45) is 0 Å². The smallest absolute Gasteiger partial charge is 0.230 e. The number of nitrogens with zero attached hydrogens (tertiary/aromatic N) is 1. The zero-order valence-corrected chi connectivity index (χ0v) is 11.4. The molecule has 0 aliphatic carbocycles. The third kappa shape index (κ3) is 2.34. The van der Waals surface area contributed by atoms with Crippen molar-refractivity contribution in [1.29, 1.82) is 0 Å². The molecule has 0 aliphatic rings. The molecule has 0 N–H and O–H groups in total. The van der Waals surface area contributed by atoms with Crippen molar-refractivity contribution in [3.8, 4) is 5.75 Å². The van der Waals surface area contributed by atoms with Crippen LogP contribution in [0, 0.1) is 0 Å². The van der Waals surface area contributed by atoms with Gasteiger partial charge in [-0.15, -0.1) is 11.6 Å². The van der Waals surface area contributed by atoms with Crippen LogP contribution in [0.2, 0.25) is 0 Å². The second kappa shape index (κ2) is 5.51. The molecule has 0 saturated heterocycles. The van der Waals surface area contributed by atoms with Crippen LogP contribution < -0.4 is 10.2 Å². The van der Waals surface area contributed by atoms with Crippen LogP contribution in [0.4, 0.5) is 0 Å². The Morgan fingerprint density at radius 1 is 1.25 bits per heavy atom. The van der Waals surface area contributed by atoms with Gasteiger partial charge in [-0.1, -0.05) is 0 Å². The number of hydrogen-bond acceptors (Lipinski definition) is 4. The molecule has 4 nitrogen and oxygen atoms in total. The molecule has 0 aliphatic heterocycles. The van der Waals surface area contributed by atoms with Crippen LogP contribution in [0.25, 0.3) is 22.1 Å². The monoisotopic (exact) mass is 289 g/mol. The molecule has 2 aromatic heterocycles. The number of rotatable bonds is 4. The Morgan fingerprint density at radius 3 is 3.00 bits per heavy atom. The number of alkyl halides is 1. The zero-order valence-electron chi connectivity index (χ0n) is 10.6. The number of pyridine rings is 1. The summed E-state index contributed by atoms with van der Waals surface area (Å²) in [5.41, 5.74) is 0.731. The van der Waals surface area contributed by atoms with Gasteiger partial charge < -0.3 is 9.15 Å². The third-order valence-corrected chi connectivity index (χ3v) is 3.23. The zero-order chi connectivity index (χ0) is 13.9. The van der Waals surface area contributed by atoms with Crippen LogP contribution in [0.5, 0.6) is 5.75 Å². The molecule has 0 atom stereocenters. The first kappa shape index (κ1) is 12.9. The van der Waals surface area contributed by atoms with Gasteiger partial charge in [0.25, 0.3) is 0 Å². The second-order valence-electron chi connectivity index (χ2n) is 4.34. The van der Waals surface area contributed by atoms with E-state index in [0.29, 0.717) is 40.3 Å². The highest BCUT2D eigenvalue weighted by atomic mass is 35.5. The maximum atomic E-state index is 12.3. The van der Waals surface area contributed by atoms with Gasteiger partial charge in [0, 0.05) is 18.1 Å². The lowest BCUT2D eigenvalue weighted by Crippen LogP contribution is -2.03. The summed E-state index contributed by atoms with van der Waals surface area (Å²) in [6.07, 6.45) is 2.36. The molecule has 3 aromatic rings.